The first-order chi connectivity index (χ1) is 10.2. The van der Waals surface area contributed by atoms with Crippen LogP contribution in [0.2, 0.25) is 0 Å². The summed E-state index contributed by atoms with van der Waals surface area (Å²) < 4.78 is 19.1. The van der Waals surface area contributed by atoms with E-state index in [4.69, 9.17) is 4.74 Å². The van der Waals surface area contributed by atoms with Gasteiger partial charge in [0.25, 0.3) is 0 Å². The smallest absolute Gasteiger partial charge is 0.194 e. The highest BCUT2D eigenvalue weighted by Gasteiger charge is 2.31. The van der Waals surface area contributed by atoms with Crippen molar-refractivity contribution in [3.05, 3.63) is 35.6 Å². The number of hydrogen-bond donors (Lipinski definition) is 1. The molecule has 3 rings (SSSR count). The molecule has 21 heavy (non-hydrogen) atoms. The number of guanidine groups is 1. The van der Waals surface area contributed by atoms with Crippen LogP contribution in [0.1, 0.15) is 31.4 Å². The summed E-state index contributed by atoms with van der Waals surface area (Å²) in [6.07, 6.45) is 2.51. The first-order valence-corrected chi connectivity index (χ1v) is 7.55. The average Bonchev–Trinajstić information content (AvgIpc) is 3.29. The molecule has 1 aromatic carbocycles. The number of nitrogens with zero attached hydrogens (tertiary/aromatic N) is 2. The molecule has 1 aromatic rings. The Labute approximate surface area is 125 Å². The van der Waals surface area contributed by atoms with Crippen molar-refractivity contribution in [1.29, 1.82) is 0 Å². The second kappa shape index (κ2) is 6.02. The fraction of sp³-hybridized carbons (Fsp3) is 0.562. The molecule has 2 fully saturated rings. The van der Waals surface area contributed by atoms with E-state index in [1.807, 2.05) is 7.05 Å². The van der Waals surface area contributed by atoms with Crippen molar-refractivity contribution in [2.75, 3.05) is 20.1 Å². The Hall–Kier alpha value is -1.62. The van der Waals surface area contributed by atoms with Crippen molar-refractivity contribution in [1.82, 2.24) is 10.2 Å². The molecule has 5 heteroatoms. The minimum absolute atomic E-state index is 0.0490. The van der Waals surface area contributed by atoms with Crippen LogP contribution in [-0.2, 0) is 4.74 Å². The van der Waals surface area contributed by atoms with Crippen molar-refractivity contribution in [2.45, 2.75) is 38.0 Å². The zero-order valence-corrected chi connectivity index (χ0v) is 12.6. The zero-order valence-electron chi connectivity index (χ0n) is 12.6. The lowest BCUT2D eigenvalue weighted by atomic mass is 10.1. The fourth-order valence-electron chi connectivity index (χ4n) is 2.69. The summed E-state index contributed by atoms with van der Waals surface area (Å²) in [6.45, 7) is 3.62. The van der Waals surface area contributed by atoms with E-state index >= 15 is 0 Å². The number of aliphatic imine (C=N–C) groups is 1. The molecule has 2 unspecified atom stereocenters. The Bertz CT molecular complexity index is 513. The highest BCUT2D eigenvalue weighted by Crippen LogP contribution is 2.26. The third kappa shape index (κ3) is 3.53. The molecule has 0 aromatic heterocycles. The lowest BCUT2D eigenvalue weighted by Gasteiger charge is -2.38. The van der Waals surface area contributed by atoms with E-state index in [1.54, 1.807) is 12.1 Å². The minimum atomic E-state index is -0.217. The normalized spacial score (nSPS) is 26.8. The van der Waals surface area contributed by atoms with Crippen LogP contribution in [0.3, 0.4) is 0 Å². The second-order valence-corrected chi connectivity index (χ2v) is 5.86. The number of halogens is 1. The summed E-state index contributed by atoms with van der Waals surface area (Å²) in [5.74, 6) is 0.727. The third-order valence-corrected chi connectivity index (χ3v) is 3.92. The molecule has 0 bridgehead atoms. The van der Waals surface area contributed by atoms with Gasteiger partial charge < -0.3 is 15.0 Å². The van der Waals surface area contributed by atoms with Crippen LogP contribution in [0.15, 0.2) is 29.3 Å². The van der Waals surface area contributed by atoms with E-state index in [2.05, 4.69) is 22.1 Å². The molecule has 4 nitrogen and oxygen atoms in total. The van der Waals surface area contributed by atoms with Crippen LogP contribution >= 0.6 is 0 Å². The molecule has 114 valence electrons. The van der Waals surface area contributed by atoms with Crippen LogP contribution in [0.25, 0.3) is 0 Å². The largest absolute Gasteiger partial charge is 0.367 e. The fourth-order valence-corrected chi connectivity index (χ4v) is 2.69. The Balaban J connectivity index is 1.72. The maximum Gasteiger partial charge on any atom is 0.194 e. The molecule has 2 atom stereocenters. The van der Waals surface area contributed by atoms with Gasteiger partial charge in [-0.2, -0.15) is 0 Å². The Kier molecular flexibility index (Phi) is 4.10. The summed E-state index contributed by atoms with van der Waals surface area (Å²) >= 11 is 0. The summed E-state index contributed by atoms with van der Waals surface area (Å²) in [5.41, 5.74) is 1.01. The molecule has 1 aliphatic heterocycles. The van der Waals surface area contributed by atoms with Gasteiger partial charge in [0.15, 0.2) is 5.96 Å². The number of nitrogens with one attached hydrogen (secondary N) is 1. The molecule has 0 amide bonds. The highest BCUT2D eigenvalue weighted by molar-refractivity contribution is 5.80. The van der Waals surface area contributed by atoms with Crippen molar-refractivity contribution in [2.24, 2.45) is 4.99 Å². The van der Waals surface area contributed by atoms with Crippen LogP contribution in [0.5, 0.6) is 0 Å². The molecule has 1 aliphatic carbocycles. The summed E-state index contributed by atoms with van der Waals surface area (Å²) in [6, 6.07) is 7.14. The molecule has 1 saturated carbocycles. The molecular weight excluding hydrogens is 269 g/mol. The van der Waals surface area contributed by atoms with E-state index < -0.39 is 0 Å². The summed E-state index contributed by atoms with van der Waals surface area (Å²) in [4.78, 5) is 6.62. The summed E-state index contributed by atoms with van der Waals surface area (Å²) in [7, 11) is 1.82. The highest BCUT2D eigenvalue weighted by atomic mass is 19.1. The van der Waals surface area contributed by atoms with Gasteiger partial charge >= 0.3 is 0 Å². The van der Waals surface area contributed by atoms with Crippen molar-refractivity contribution >= 4 is 5.96 Å². The Morgan fingerprint density at radius 3 is 2.62 bits per heavy atom. The van der Waals surface area contributed by atoms with E-state index in [0.29, 0.717) is 6.04 Å². The van der Waals surface area contributed by atoms with E-state index in [9.17, 15) is 4.39 Å². The zero-order chi connectivity index (χ0) is 14.8. The minimum Gasteiger partial charge on any atom is -0.367 e. The van der Waals surface area contributed by atoms with Gasteiger partial charge in [-0.25, -0.2) is 4.39 Å². The van der Waals surface area contributed by atoms with Crippen LogP contribution in [0.4, 0.5) is 4.39 Å². The standard InChI is InChI=1S/C16H22FN3O/c1-11-9-20(16(18-2)19-14-7-8-14)10-15(21-11)12-3-5-13(17)6-4-12/h3-6,11,14-15H,7-10H2,1-2H3,(H,18,19). The molecule has 0 spiro atoms. The van der Waals surface area contributed by atoms with Gasteiger partial charge in [0.05, 0.1) is 12.6 Å². The van der Waals surface area contributed by atoms with Crippen LogP contribution < -0.4 is 5.32 Å². The van der Waals surface area contributed by atoms with Crippen molar-refractivity contribution < 1.29 is 9.13 Å². The molecule has 1 saturated heterocycles. The van der Waals surface area contributed by atoms with Gasteiger partial charge in [-0.3, -0.25) is 4.99 Å². The number of benzene rings is 1. The van der Waals surface area contributed by atoms with Gasteiger partial charge in [-0.15, -0.1) is 0 Å². The molecule has 1 heterocycles. The first kappa shape index (κ1) is 14.3. The predicted molar refractivity (Wildman–Crippen MR) is 80.8 cm³/mol. The molecule has 0 radical (unpaired) electrons. The van der Waals surface area contributed by atoms with Crippen molar-refractivity contribution in [3.8, 4) is 0 Å². The molecule has 2 aliphatic rings. The predicted octanol–water partition coefficient (Wildman–Crippen LogP) is 2.33. The average molecular weight is 291 g/mol. The van der Waals surface area contributed by atoms with Crippen LogP contribution in [-0.4, -0.2) is 43.1 Å². The maximum absolute atomic E-state index is 13.1. The van der Waals surface area contributed by atoms with Crippen LogP contribution in [0, 0.1) is 5.82 Å². The number of hydrogen-bond acceptors (Lipinski definition) is 2. The second-order valence-electron chi connectivity index (χ2n) is 5.86. The third-order valence-electron chi connectivity index (χ3n) is 3.92. The van der Waals surface area contributed by atoms with Gasteiger partial charge in [0.2, 0.25) is 0 Å². The lowest BCUT2D eigenvalue weighted by Crippen LogP contribution is -2.51. The van der Waals surface area contributed by atoms with Gasteiger partial charge in [0.1, 0.15) is 11.9 Å². The summed E-state index contributed by atoms with van der Waals surface area (Å²) in [5, 5.41) is 3.47. The monoisotopic (exact) mass is 291 g/mol. The van der Waals surface area contributed by atoms with Gasteiger partial charge in [-0.1, -0.05) is 12.1 Å². The SMILES string of the molecule is CN=C(NC1CC1)N1CC(C)OC(c2ccc(F)cc2)C1. The Morgan fingerprint density at radius 2 is 2.00 bits per heavy atom. The Morgan fingerprint density at radius 1 is 1.29 bits per heavy atom. The quantitative estimate of drug-likeness (QED) is 0.671. The van der Waals surface area contributed by atoms with E-state index in [0.717, 1.165) is 24.6 Å². The lowest BCUT2D eigenvalue weighted by molar-refractivity contribution is -0.0605. The number of morpholine rings is 1. The first-order valence-electron chi connectivity index (χ1n) is 7.55. The maximum atomic E-state index is 13.1. The number of ether oxygens (including phenoxy) is 1. The van der Waals surface area contributed by atoms with E-state index in [1.165, 1.54) is 25.0 Å². The van der Waals surface area contributed by atoms with Crippen molar-refractivity contribution in [3.63, 3.8) is 0 Å². The number of rotatable bonds is 2. The van der Waals surface area contributed by atoms with Gasteiger partial charge in [-0.05, 0) is 37.5 Å². The van der Waals surface area contributed by atoms with E-state index in [-0.39, 0.29) is 18.0 Å². The molecular formula is C16H22FN3O. The van der Waals surface area contributed by atoms with Gasteiger partial charge in [0, 0.05) is 19.6 Å². The molecule has 1 N–H and O–H groups in total. The topological polar surface area (TPSA) is 36.9 Å².